The Hall–Kier alpha value is 0.150. The Morgan fingerprint density at radius 3 is 2.50 bits per heavy atom. The molecule has 0 aliphatic carbocycles. The summed E-state index contributed by atoms with van der Waals surface area (Å²) in [6.07, 6.45) is 0.885. The molecular weight excluding hydrogens is 220 g/mol. The molecule has 0 aromatic carbocycles. The van der Waals surface area contributed by atoms with E-state index in [1.54, 1.807) is 0 Å². The molecule has 0 saturated carbocycles. The normalized spacial score (nSPS) is 11.2. The molecule has 1 N–H and O–H groups in total. The molecule has 0 aromatic heterocycles. The second kappa shape index (κ2) is 5.74. The molecule has 12 heavy (non-hydrogen) atoms. The van der Waals surface area contributed by atoms with Crippen molar-refractivity contribution in [3.05, 3.63) is 0 Å². The van der Waals surface area contributed by atoms with Gasteiger partial charge in [0.25, 0.3) is 10.1 Å². The van der Waals surface area contributed by atoms with Crippen LogP contribution < -0.4 is 0 Å². The lowest BCUT2D eigenvalue weighted by Gasteiger charge is -2.00. The smallest absolute Gasteiger partial charge is 0.264 e. The third-order valence-electron chi connectivity index (χ3n) is 1.02. The van der Waals surface area contributed by atoms with Crippen LogP contribution >= 0.6 is 24.8 Å². The van der Waals surface area contributed by atoms with Gasteiger partial charge in [0.15, 0.2) is 0 Å². The fourth-order valence-electron chi connectivity index (χ4n) is 0.546. The summed E-state index contributed by atoms with van der Waals surface area (Å²) in [5.41, 5.74) is 0. The molecule has 0 rings (SSSR count). The number of unbranched alkanes of at least 4 members (excludes halogenated alkanes) is 1. The van der Waals surface area contributed by atoms with Crippen molar-refractivity contribution >= 4 is 39.3 Å². The summed E-state index contributed by atoms with van der Waals surface area (Å²) in [7, 11) is -3.83. The molecule has 0 atom stereocenters. The fraction of sp³-hybridized carbons (Fsp3) is 0.800. The highest BCUT2D eigenvalue weighted by molar-refractivity contribution is 8.10. The van der Waals surface area contributed by atoms with Crippen LogP contribution in [0, 0.1) is 0 Å². The molecule has 0 aliphatic heterocycles. The fourth-order valence-corrected chi connectivity index (χ4v) is 1.29. The van der Waals surface area contributed by atoms with Crippen molar-refractivity contribution in [3.63, 3.8) is 0 Å². The molecule has 72 valence electrons. The van der Waals surface area contributed by atoms with Crippen LogP contribution in [0.15, 0.2) is 0 Å². The molecule has 0 fully saturated rings. The summed E-state index contributed by atoms with van der Waals surface area (Å²) < 4.78 is 33.6. The molecule has 0 aromatic rings. The highest BCUT2D eigenvalue weighted by atomic mass is 32.2. The van der Waals surface area contributed by atoms with E-state index in [4.69, 9.17) is 9.29 Å². The van der Waals surface area contributed by atoms with Crippen LogP contribution in [0.2, 0.25) is 0 Å². The Balaban J connectivity index is 3.29. The lowest BCUT2D eigenvalue weighted by molar-refractivity contribution is 0.313. The zero-order valence-electron chi connectivity index (χ0n) is 6.26. The molecule has 0 amide bonds. The summed E-state index contributed by atoms with van der Waals surface area (Å²) in [5, 5.41) is 0. The molecule has 0 aliphatic rings. The van der Waals surface area contributed by atoms with Crippen LogP contribution in [0.4, 0.5) is 0 Å². The maximum absolute atomic E-state index is 10.2. The van der Waals surface area contributed by atoms with Gasteiger partial charge < -0.3 is 4.74 Å². The quantitative estimate of drug-likeness (QED) is 0.318. The third kappa shape index (κ3) is 10.2. The zero-order valence-corrected chi connectivity index (χ0v) is 8.79. The first-order valence-corrected chi connectivity index (χ1v) is 5.69. The van der Waals surface area contributed by atoms with Crippen molar-refractivity contribution in [1.82, 2.24) is 0 Å². The number of hydrogen-bond donors (Lipinski definition) is 2. The van der Waals surface area contributed by atoms with Gasteiger partial charge in [-0.2, -0.15) is 8.42 Å². The van der Waals surface area contributed by atoms with E-state index < -0.39 is 10.1 Å². The molecule has 7 heteroatoms. The van der Waals surface area contributed by atoms with Gasteiger partial charge in [-0.15, -0.1) is 0 Å². The summed E-state index contributed by atoms with van der Waals surface area (Å²) in [6, 6.07) is 0. The van der Waals surface area contributed by atoms with Gasteiger partial charge in [0.2, 0.25) is 4.38 Å². The van der Waals surface area contributed by atoms with Gasteiger partial charge in [0.1, 0.15) is 0 Å². The van der Waals surface area contributed by atoms with E-state index >= 15 is 0 Å². The Morgan fingerprint density at radius 2 is 2.08 bits per heavy atom. The second-order valence-corrected chi connectivity index (χ2v) is 4.76. The van der Waals surface area contributed by atoms with E-state index in [-0.39, 0.29) is 10.1 Å². The molecule has 0 bridgehead atoms. The summed E-state index contributed by atoms with van der Waals surface area (Å²) in [4.78, 5) is 0. The van der Waals surface area contributed by atoms with Crippen LogP contribution in [0.5, 0.6) is 0 Å². The Bertz CT molecular complexity index is 233. The molecular formula is C5H10O4S3. The Morgan fingerprint density at radius 1 is 1.50 bits per heavy atom. The predicted octanol–water partition coefficient (Wildman–Crippen LogP) is 0.886. The van der Waals surface area contributed by atoms with Crippen LogP contribution in [-0.4, -0.2) is 29.7 Å². The average molecular weight is 230 g/mol. The van der Waals surface area contributed by atoms with Crippen molar-refractivity contribution in [2.45, 2.75) is 12.8 Å². The minimum absolute atomic E-state index is 0.141. The maximum Gasteiger partial charge on any atom is 0.264 e. The third-order valence-corrected chi connectivity index (χ3v) is 2.07. The molecule has 0 heterocycles. The lowest BCUT2D eigenvalue weighted by Crippen LogP contribution is -2.05. The minimum Gasteiger partial charge on any atom is -0.479 e. The van der Waals surface area contributed by atoms with E-state index in [0.29, 0.717) is 19.4 Å². The van der Waals surface area contributed by atoms with Crippen molar-refractivity contribution in [2.24, 2.45) is 0 Å². The molecule has 0 saturated heterocycles. The molecule has 0 spiro atoms. The van der Waals surface area contributed by atoms with Gasteiger partial charge in [-0.3, -0.25) is 4.55 Å². The Kier molecular flexibility index (Phi) is 5.81. The molecule has 0 unspecified atom stereocenters. The highest BCUT2D eigenvalue weighted by Gasteiger charge is 2.02. The van der Waals surface area contributed by atoms with Gasteiger partial charge in [0.05, 0.1) is 12.4 Å². The monoisotopic (exact) mass is 230 g/mol. The second-order valence-electron chi connectivity index (χ2n) is 2.11. The van der Waals surface area contributed by atoms with Crippen molar-refractivity contribution in [1.29, 1.82) is 0 Å². The van der Waals surface area contributed by atoms with Crippen LogP contribution in [0.3, 0.4) is 0 Å². The number of thiocarbonyl (C=S) groups is 1. The van der Waals surface area contributed by atoms with Gasteiger partial charge in [-0.25, -0.2) is 0 Å². The van der Waals surface area contributed by atoms with E-state index in [0.717, 1.165) is 0 Å². The minimum atomic E-state index is -3.83. The average Bonchev–Trinajstić information content (AvgIpc) is 1.83. The van der Waals surface area contributed by atoms with Gasteiger partial charge in [-0.05, 0) is 25.1 Å². The topological polar surface area (TPSA) is 63.6 Å². The maximum atomic E-state index is 10.2. The summed E-state index contributed by atoms with van der Waals surface area (Å²) >= 11 is 8.19. The standard InChI is InChI=1S/C5H10O4S3/c6-12(7,8)4-2-1-3-9-5(10)11/h1-4H2,(H,10,11)(H,6,7,8). The summed E-state index contributed by atoms with van der Waals surface area (Å²) in [5.74, 6) is -0.240. The predicted molar refractivity (Wildman–Crippen MR) is 53.2 cm³/mol. The molecule has 0 radical (unpaired) electrons. The number of rotatable bonds is 5. The number of hydrogen-bond acceptors (Lipinski definition) is 4. The number of ether oxygens (including phenoxy) is 1. The van der Waals surface area contributed by atoms with Gasteiger partial charge in [-0.1, -0.05) is 12.6 Å². The van der Waals surface area contributed by atoms with Crippen molar-refractivity contribution in [3.8, 4) is 0 Å². The van der Waals surface area contributed by atoms with Gasteiger partial charge in [0, 0.05) is 0 Å². The van der Waals surface area contributed by atoms with E-state index in [1.165, 1.54) is 0 Å². The van der Waals surface area contributed by atoms with Crippen LogP contribution in [0.25, 0.3) is 0 Å². The number of thiol groups is 1. The highest BCUT2D eigenvalue weighted by Crippen LogP contribution is 1.96. The SMILES string of the molecule is O=S(=O)(O)CCCCOC(=S)S. The lowest BCUT2D eigenvalue weighted by atomic mass is 10.4. The first kappa shape index (κ1) is 12.2. The van der Waals surface area contributed by atoms with Crippen molar-refractivity contribution < 1.29 is 17.7 Å². The largest absolute Gasteiger partial charge is 0.479 e. The Labute approximate surface area is 82.5 Å². The van der Waals surface area contributed by atoms with Gasteiger partial charge >= 0.3 is 0 Å². The molecule has 4 nitrogen and oxygen atoms in total. The first-order valence-electron chi connectivity index (χ1n) is 3.23. The zero-order chi connectivity index (χ0) is 9.61. The summed E-state index contributed by atoms with van der Waals surface area (Å²) in [6.45, 7) is 0.331. The van der Waals surface area contributed by atoms with Crippen LogP contribution in [0.1, 0.15) is 12.8 Å². The van der Waals surface area contributed by atoms with E-state index in [2.05, 4.69) is 24.8 Å². The van der Waals surface area contributed by atoms with Crippen molar-refractivity contribution in [2.75, 3.05) is 12.4 Å². The van der Waals surface area contributed by atoms with Crippen LogP contribution in [-0.2, 0) is 14.9 Å². The van der Waals surface area contributed by atoms with E-state index in [1.807, 2.05) is 0 Å². The first-order chi connectivity index (χ1) is 5.42. The van der Waals surface area contributed by atoms with E-state index in [9.17, 15) is 8.42 Å².